The molecule has 6 nitrogen and oxygen atoms in total. The average molecular weight is 422 g/mol. The summed E-state index contributed by atoms with van der Waals surface area (Å²) in [6, 6.07) is 1.58. The van der Waals surface area contributed by atoms with E-state index in [1.165, 1.54) is 23.3 Å². The first-order valence-corrected chi connectivity index (χ1v) is 11.4. The molecule has 160 valence electrons. The van der Waals surface area contributed by atoms with Crippen molar-refractivity contribution in [2.75, 3.05) is 24.9 Å². The first-order chi connectivity index (χ1) is 14.1. The van der Waals surface area contributed by atoms with E-state index in [-0.39, 0.29) is 29.5 Å². The number of carboxylic acid groups (broad SMARTS) is 1. The molecule has 1 fully saturated rings. The number of allylic oxidation sites excluding steroid dienone is 2. The molecule has 1 unspecified atom stereocenters. The average Bonchev–Trinajstić information content (AvgIpc) is 3.19. The van der Waals surface area contributed by atoms with Crippen LogP contribution in [0.3, 0.4) is 0 Å². The summed E-state index contributed by atoms with van der Waals surface area (Å²) in [7, 11) is 0. The number of hydrogen-bond acceptors (Lipinski definition) is 5. The van der Waals surface area contributed by atoms with Gasteiger partial charge in [-0.2, -0.15) is 0 Å². The highest BCUT2D eigenvalue weighted by Crippen LogP contribution is 2.39. The van der Waals surface area contributed by atoms with Crippen LogP contribution in [-0.4, -0.2) is 43.0 Å². The zero-order valence-electron chi connectivity index (χ0n) is 17.3. The van der Waals surface area contributed by atoms with Gasteiger partial charge < -0.3 is 19.5 Å². The summed E-state index contributed by atoms with van der Waals surface area (Å²) in [6.07, 6.45) is 8.88. The Balaban J connectivity index is 2.03. The van der Waals surface area contributed by atoms with Gasteiger partial charge in [0.05, 0.1) is 24.9 Å². The Hall–Kier alpha value is -1.70. The van der Waals surface area contributed by atoms with Gasteiger partial charge in [-0.25, -0.2) is 4.79 Å². The topological polar surface area (TPSA) is 76.1 Å². The summed E-state index contributed by atoms with van der Waals surface area (Å²) in [4.78, 5) is 28.5. The van der Waals surface area contributed by atoms with Crippen LogP contribution in [0, 0.1) is 5.92 Å². The maximum atomic E-state index is 13.5. The van der Waals surface area contributed by atoms with Crippen molar-refractivity contribution in [3.63, 3.8) is 0 Å². The highest BCUT2D eigenvalue weighted by Gasteiger charge is 2.35. The van der Waals surface area contributed by atoms with Crippen molar-refractivity contribution < 1.29 is 24.2 Å². The number of carbonyl (C=O) groups is 2. The standard InChI is InChI=1S/C22H31NO5S/c1-3-8-15(4-2)21(24)23(17-12-27-14-28-13-17)18-11-19(29-20(18)22(25)26)16-9-6-5-7-10-16/h9,11,15,17H,3-8,10,12-14H2,1-2H3,(H,25,26). The number of carbonyl (C=O) groups excluding carboxylic acids is 1. The Labute approximate surface area is 176 Å². The van der Waals surface area contributed by atoms with Crippen molar-refractivity contribution in [1.29, 1.82) is 0 Å². The van der Waals surface area contributed by atoms with Gasteiger partial charge in [-0.3, -0.25) is 4.79 Å². The van der Waals surface area contributed by atoms with Crippen LogP contribution in [0.4, 0.5) is 5.69 Å². The second kappa shape index (κ2) is 10.4. The summed E-state index contributed by atoms with van der Waals surface area (Å²) in [6.45, 7) is 4.98. The van der Waals surface area contributed by atoms with Gasteiger partial charge in [0, 0.05) is 10.8 Å². The first-order valence-electron chi connectivity index (χ1n) is 10.6. The maximum absolute atomic E-state index is 13.5. The Morgan fingerprint density at radius 3 is 2.62 bits per heavy atom. The van der Waals surface area contributed by atoms with Crippen molar-refractivity contribution in [1.82, 2.24) is 0 Å². The molecular weight excluding hydrogens is 390 g/mol. The van der Waals surface area contributed by atoms with Gasteiger partial charge in [0.15, 0.2) is 0 Å². The van der Waals surface area contributed by atoms with E-state index in [9.17, 15) is 14.7 Å². The van der Waals surface area contributed by atoms with Gasteiger partial charge in [-0.1, -0.05) is 26.3 Å². The van der Waals surface area contributed by atoms with Crippen LogP contribution in [-0.2, 0) is 14.3 Å². The van der Waals surface area contributed by atoms with Gasteiger partial charge in [0.1, 0.15) is 11.7 Å². The summed E-state index contributed by atoms with van der Waals surface area (Å²) < 4.78 is 10.9. The Morgan fingerprint density at radius 2 is 2.03 bits per heavy atom. The summed E-state index contributed by atoms with van der Waals surface area (Å²) >= 11 is 1.27. The number of carboxylic acids is 1. The third-order valence-electron chi connectivity index (χ3n) is 5.64. The van der Waals surface area contributed by atoms with Gasteiger partial charge in [-0.15, -0.1) is 11.3 Å². The number of rotatable bonds is 8. The normalized spacial score (nSPS) is 18.9. The van der Waals surface area contributed by atoms with Gasteiger partial charge >= 0.3 is 5.97 Å². The fraction of sp³-hybridized carbons (Fsp3) is 0.636. The van der Waals surface area contributed by atoms with Gasteiger partial charge in [0.2, 0.25) is 5.91 Å². The lowest BCUT2D eigenvalue weighted by Gasteiger charge is -2.36. The van der Waals surface area contributed by atoms with E-state index in [0.29, 0.717) is 18.9 Å². The predicted octanol–water partition coefficient (Wildman–Crippen LogP) is 4.94. The largest absolute Gasteiger partial charge is 0.477 e. The molecule has 29 heavy (non-hydrogen) atoms. The zero-order valence-corrected chi connectivity index (χ0v) is 18.1. The van der Waals surface area contributed by atoms with Crippen molar-refractivity contribution >= 4 is 34.5 Å². The molecule has 0 spiro atoms. The summed E-state index contributed by atoms with van der Waals surface area (Å²) in [5.74, 6) is -1.16. The predicted molar refractivity (Wildman–Crippen MR) is 114 cm³/mol. The van der Waals surface area contributed by atoms with Crippen LogP contribution < -0.4 is 4.90 Å². The number of ether oxygens (including phenoxy) is 2. The molecule has 1 aromatic rings. The zero-order chi connectivity index (χ0) is 20.8. The first kappa shape index (κ1) is 22.0. The molecular formula is C22H31NO5S. The lowest BCUT2D eigenvalue weighted by Crippen LogP contribution is -2.50. The van der Waals surface area contributed by atoms with E-state index in [4.69, 9.17) is 9.47 Å². The van der Waals surface area contributed by atoms with E-state index in [1.54, 1.807) is 4.90 Å². The molecule has 2 aliphatic rings. The second-order valence-corrected chi connectivity index (χ2v) is 8.77. The molecule has 0 saturated carbocycles. The number of hydrogen-bond donors (Lipinski definition) is 1. The SMILES string of the molecule is CCCC(CC)C(=O)N(c1cc(C2=CCCCC2)sc1C(=O)O)C1COCOC1. The third kappa shape index (κ3) is 5.08. The molecule has 0 bridgehead atoms. The molecule has 3 rings (SSSR count). The van der Waals surface area contributed by atoms with Crippen LogP contribution in [0.15, 0.2) is 12.1 Å². The summed E-state index contributed by atoms with van der Waals surface area (Å²) in [5.41, 5.74) is 1.68. The third-order valence-corrected chi connectivity index (χ3v) is 6.83. The lowest BCUT2D eigenvalue weighted by atomic mass is 9.97. The van der Waals surface area contributed by atoms with Crippen LogP contribution in [0.25, 0.3) is 5.57 Å². The number of amides is 1. The molecule has 1 N–H and O–H groups in total. The quantitative estimate of drug-likeness (QED) is 0.644. The smallest absolute Gasteiger partial charge is 0.348 e. The van der Waals surface area contributed by atoms with Crippen molar-refractivity contribution in [2.24, 2.45) is 5.92 Å². The van der Waals surface area contributed by atoms with Crippen molar-refractivity contribution in [3.8, 4) is 0 Å². The van der Waals surface area contributed by atoms with E-state index < -0.39 is 5.97 Å². The van der Waals surface area contributed by atoms with Crippen molar-refractivity contribution in [3.05, 3.63) is 21.9 Å². The van der Waals surface area contributed by atoms with E-state index in [2.05, 4.69) is 13.0 Å². The highest BCUT2D eigenvalue weighted by molar-refractivity contribution is 7.15. The Morgan fingerprint density at radius 1 is 1.28 bits per heavy atom. The minimum Gasteiger partial charge on any atom is -0.477 e. The molecule has 1 aliphatic heterocycles. The fourth-order valence-electron chi connectivity index (χ4n) is 4.10. The molecule has 1 aliphatic carbocycles. The van der Waals surface area contributed by atoms with E-state index in [1.807, 2.05) is 13.0 Å². The number of nitrogens with zero attached hydrogens (tertiary/aromatic N) is 1. The second-order valence-electron chi connectivity index (χ2n) is 7.72. The van der Waals surface area contributed by atoms with Crippen LogP contribution >= 0.6 is 11.3 Å². The summed E-state index contributed by atoms with van der Waals surface area (Å²) in [5, 5.41) is 9.90. The Bertz CT molecular complexity index is 750. The minimum absolute atomic E-state index is 0.0297. The van der Waals surface area contributed by atoms with E-state index in [0.717, 1.165) is 43.4 Å². The molecule has 1 atom stereocenters. The number of thiophene rings is 1. The monoisotopic (exact) mass is 421 g/mol. The van der Waals surface area contributed by atoms with Crippen LogP contribution in [0.2, 0.25) is 0 Å². The number of aromatic carboxylic acids is 1. The molecule has 2 heterocycles. The minimum atomic E-state index is -0.994. The van der Waals surface area contributed by atoms with E-state index >= 15 is 0 Å². The highest BCUT2D eigenvalue weighted by atomic mass is 32.1. The molecule has 0 aromatic carbocycles. The lowest BCUT2D eigenvalue weighted by molar-refractivity contribution is -0.130. The number of anilines is 1. The van der Waals surface area contributed by atoms with Gasteiger partial charge in [-0.05, 0) is 50.2 Å². The van der Waals surface area contributed by atoms with Gasteiger partial charge in [0.25, 0.3) is 0 Å². The molecule has 7 heteroatoms. The molecule has 1 amide bonds. The molecule has 1 saturated heterocycles. The van der Waals surface area contributed by atoms with Crippen LogP contribution in [0.5, 0.6) is 0 Å². The van der Waals surface area contributed by atoms with Crippen molar-refractivity contribution in [2.45, 2.75) is 64.8 Å². The Kier molecular flexibility index (Phi) is 7.86. The van der Waals surface area contributed by atoms with Crippen LogP contribution in [0.1, 0.15) is 73.3 Å². The molecule has 0 radical (unpaired) electrons. The molecule has 1 aromatic heterocycles. The maximum Gasteiger partial charge on any atom is 0.348 e. The fourth-order valence-corrected chi connectivity index (χ4v) is 5.16.